The summed E-state index contributed by atoms with van der Waals surface area (Å²) in [4.78, 5) is 46.8. The zero-order valence-electron chi connectivity index (χ0n) is 22.8. The molecule has 5 rings (SSSR count). The van der Waals surface area contributed by atoms with Crippen molar-refractivity contribution in [2.75, 3.05) is 40.4 Å². The molecule has 0 spiro atoms. The lowest BCUT2D eigenvalue weighted by Crippen LogP contribution is -2.47. The van der Waals surface area contributed by atoms with Gasteiger partial charge in [0.25, 0.3) is 0 Å². The van der Waals surface area contributed by atoms with Crippen molar-refractivity contribution in [1.29, 1.82) is 0 Å². The first-order valence-electron chi connectivity index (χ1n) is 13.1. The van der Waals surface area contributed by atoms with Gasteiger partial charge in [-0.1, -0.05) is 18.2 Å². The molecule has 1 aliphatic rings. The number of aromatic carboxylic acids is 1. The summed E-state index contributed by atoms with van der Waals surface area (Å²) in [7, 11) is 2.91. The summed E-state index contributed by atoms with van der Waals surface area (Å²) < 4.78 is 10.2. The first-order valence-corrected chi connectivity index (χ1v) is 13.1. The van der Waals surface area contributed by atoms with Crippen molar-refractivity contribution >= 4 is 28.9 Å². The number of pyridine rings is 1. The van der Waals surface area contributed by atoms with E-state index in [9.17, 15) is 19.5 Å². The van der Waals surface area contributed by atoms with Gasteiger partial charge in [-0.05, 0) is 53.1 Å². The standard InChI is InChI=1S/C31H30N4O6/c1-40-27-8-3-20(19-34-13-15-35(16-14-34)28(36)9-10-29(37)41-2)17-25(27)26-18-24-23(11-12-32-30(24)33-26)21-4-6-22(7-5-21)31(38)39/h3-12,17-18H,13-16,19H2,1-2H3,(H,32,33)(H,38,39)/b10-9+. The second-order valence-corrected chi connectivity index (χ2v) is 9.68. The van der Waals surface area contributed by atoms with Gasteiger partial charge < -0.3 is 24.5 Å². The molecule has 0 aliphatic carbocycles. The number of fused-ring (bicyclic) bond motifs is 1. The molecule has 3 heterocycles. The van der Waals surface area contributed by atoms with E-state index in [1.165, 1.54) is 13.2 Å². The molecule has 2 aromatic carbocycles. The molecule has 0 unspecified atom stereocenters. The molecule has 210 valence electrons. The number of benzene rings is 2. The normalized spacial score (nSPS) is 14.0. The van der Waals surface area contributed by atoms with Crippen LogP contribution in [0.25, 0.3) is 33.4 Å². The molecule has 4 aromatic rings. The molecule has 1 saturated heterocycles. The average Bonchev–Trinajstić information content (AvgIpc) is 3.44. The number of nitrogens with zero attached hydrogens (tertiary/aromatic N) is 3. The monoisotopic (exact) mass is 554 g/mol. The van der Waals surface area contributed by atoms with Crippen molar-refractivity contribution in [3.63, 3.8) is 0 Å². The minimum atomic E-state index is -0.963. The molecule has 2 aromatic heterocycles. The van der Waals surface area contributed by atoms with Crippen LogP contribution in [-0.4, -0.2) is 83.1 Å². The lowest BCUT2D eigenvalue weighted by Gasteiger charge is -2.34. The van der Waals surface area contributed by atoms with E-state index in [-0.39, 0.29) is 11.5 Å². The molecule has 10 nitrogen and oxygen atoms in total. The minimum Gasteiger partial charge on any atom is -0.496 e. The van der Waals surface area contributed by atoms with Crippen LogP contribution in [0.1, 0.15) is 15.9 Å². The molecule has 1 fully saturated rings. The van der Waals surface area contributed by atoms with E-state index in [1.54, 1.807) is 42.5 Å². The first-order chi connectivity index (χ1) is 19.9. The molecule has 2 N–H and O–H groups in total. The highest BCUT2D eigenvalue weighted by Crippen LogP contribution is 2.36. The van der Waals surface area contributed by atoms with E-state index in [4.69, 9.17) is 4.74 Å². The lowest BCUT2D eigenvalue weighted by molar-refractivity contribution is -0.135. The zero-order valence-corrected chi connectivity index (χ0v) is 22.8. The lowest BCUT2D eigenvalue weighted by atomic mass is 10.0. The second kappa shape index (κ2) is 12.1. The predicted molar refractivity (Wildman–Crippen MR) is 153 cm³/mol. The number of rotatable bonds is 8. The minimum absolute atomic E-state index is 0.202. The maximum Gasteiger partial charge on any atom is 0.335 e. The maximum atomic E-state index is 12.4. The topological polar surface area (TPSA) is 125 Å². The van der Waals surface area contributed by atoms with Crippen LogP contribution < -0.4 is 4.74 Å². The van der Waals surface area contributed by atoms with Crippen LogP contribution in [0.5, 0.6) is 5.75 Å². The maximum absolute atomic E-state index is 12.4. The van der Waals surface area contributed by atoms with E-state index in [1.807, 2.05) is 24.3 Å². The van der Waals surface area contributed by atoms with E-state index < -0.39 is 11.9 Å². The Kier molecular flexibility index (Phi) is 8.11. The van der Waals surface area contributed by atoms with Gasteiger partial charge in [0.05, 0.1) is 25.5 Å². The number of hydrogen-bond acceptors (Lipinski definition) is 7. The highest BCUT2D eigenvalue weighted by atomic mass is 16.5. The Morgan fingerprint density at radius 3 is 2.39 bits per heavy atom. The predicted octanol–water partition coefficient (Wildman–Crippen LogP) is 3.98. The largest absolute Gasteiger partial charge is 0.496 e. The number of amides is 1. The molecule has 0 saturated carbocycles. The summed E-state index contributed by atoms with van der Waals surface area (Å²) >= 11 is 0. The van der Waals surface area contributed by atoms with Crippen molar-refractivity contribution < 1.29 is 29.0 Å². The van der Waals surface area contributed by atoms with Crippen molar-refractivity contribution in [2.45, 2.75) is 6.54 Å². The number of carbonyl (C=O) groups excluding carboxylic acids is 2. The molecular weight excluding hydrogens is 524 g/mol. The highest BCUT2D eigenvalue weighted by Gasteiger charge is 2.21. The van der Waals surface area contributed by atoms with Crippen LogP contribution in [0.4, 0.5) is 0 Å². The summed E-state index contributed by atoms with van der Waals surface area (Å²) in [6.45, 7) is 3.25. The Bertz CT molecular complexity index is 1620. The van der Waals surface area contributed by atoms with Crippen molar-refractivity contribution in [3.05, 3.63) is 84.1 Å². The van der Waals surface area contributed by atoms with E-state index in [0.29, 0.717) is 38.4 Å². The number of hydrogen-bond donors (Lipinski definition) is 2. The number of carboxylic acid groups (broad SMARTS) is 1. The highest BCUT2D eigenvalue weighted by molar-refractivity contribution is 5.97. The fourth-order valence-electron chi connectivity index (χ4n) is 4.98. The molecule has 1 amide bonds. The summed E-state index contributed by atoms with van der Waals surface area (Å²) in [5.41, 5.74) is 5.64. The fraction of sp³-hybridized carbons (Fsp3) is 0.226. The van der Waals surface area contributed by atoms with Gasteiger partial charge in [0, 0.05) is 62.0 Å². The Morgan fingerprint density at radius 1 is 0.951 bits per heavy atom. The van der Waals surface area contributed by atoms with Crippen molar-refractivity contribution in [3.8, 4) is 28.1 Å². The zero-order chi connectivity index (χ0) is 28.9. The van der Waals surface area contributed by atoms with Gasteiger partial charge in [-0.2, -0.15) is 0 Å². The quantitative estimate of drug-likeness (QED) is 0.248. The Labute approximate surface area is 236 Å². The van der Waals surface area contributed by atoms with Crippen LogP contribution in [0.15, 0.2) is 72.9 Å². The third-order valence-corrected chi connectivity index (χ3v) is 7.18. The van der Waals surface area contributed by atoms with Crippen molar-refractivity contribution in [2.24, 2.45) is 0 Å². The summed E-state index contributed by atoms with van der Waals surface area (Å²) in [6.07, 6.45) is 4.13. The summed E-state index contributed by atoms with van der Waals surface area (Å²) in [5.74, 6) is -0.994. The number of nitrogens with one attached hydrogen (secondary N) is 1. The van der Waals surface area contributed by atoms with Gasteiger partial charge in [0.15, 0.2) is 0 Å². The van der Waals surface area contributed by atoms with E-state index in [0.717, 1.165) is 45.2 Å². The van der Waals surface area contributed by atoms with Gasteiger partial charge in [-0.25, -0.2) is 14.6 Å². The van der Waals surface area contributed by atoms with Gasteiger partial charge in [-0.15, -0.1) is 0 Å². The van der Waals surface area contributed by atoms with Gasteiger partial charge in [0.2, 0.25) is 5.91 Å². The van der Waals surface area contributed by atoms with Gasteiger partial charge in [-0.3, -0.25) is 9.69 Å². The van der Waals surface area contributed by atoms with Gasteiger partial charge in [0.1, 0.15) is 11.4 Å². The Morgan fingerprint density at radius 2 is 1.71 bits per heavy atom. The third-order valence-electron chi connectivity index (χ3n) is 7.18. The second-order valence-electron chi connectivity index (χ2n) is 9.68. The smallest absolute Gasteiger partial charge is 0.335 e. The number of aromatic nitrogens is 2. The van der Waals surface area contributed by atoms with Crippen LogP contribution in [-0.2, 0) is 20.9 Å². The number of H-pyrrole nitrogens is 1. The summed E-state index contributed by atoms with van der Waals surface area (Å²) in [6, 6.07) is 16.8. The van der Waals surface area contributed by atoms with Gasteiger partial charge >= 0.3 is 11.9 Å². The third kappa shape index (κ3) is 6.12. The first kappa shape index (κ1) is 27.6. The number of esters is 1. The number of piperazine rings is 1. The molecule has 1 aliphatic heterocycles. The molecule has 0 radical (unpaired) electrons. The molecular formula is C31H30N4O6. The van der Waals surface area contributed by atoms with E-state index in [2.05, 4.69) is 25.7 Å². The Hall–Kier alpha value is -4.96. The number of carboxylic acids is 1. The number of aromatic amines is 1. The van der Waals surface area contributed by atoms with Crippen LogP contribution in [0.3, 0.4) is 0 Å². The number of carbonyl (C=O) groups is 3. The molecule has 0 atom stereocenters. The fourth-order valence-corrected chi connectivity index (χ4v) is 4.98. The molecule has 10 heteroatoms. The average molecular weight is 555 g/mol. The van der Waals surface area contributed by atoms with Crippen molar-refractivity contribution in [1.82, 2.24) is 19.8 Å². The Balaban J connectivity index is 1.34. The molecule has 41 heavy (non-hydrogen) atoms. The van der Waals surface area contributed by atoms with Crippen LogP contribution >= 0.6 is 0 Å². The number of methoxy groups -OCH3 is 2. The van der Waals surface area contributed by atoms with Crippen LogP contribution in [0, 0.1) is 0 Å². The SMILES string of the molecule is COC(=O)/C=C/C(=O)N1CCN(Cc2ccc(OC)c(-c3cc4c(-c5ccc(C(=O)O)cc5)ccnc4[nH]3)c2)CC1. The molecule has 0 bridgehead atoms. The summed E-state index contributed by atoms with van der Waals surface area (Å²) in [5, 5.41) is 10.2. The van der Waals surface area contributed by atoms with E-state index >= 15 is 0 Å². The number of ether oxygens (including phenoxy) is 2. The van der Waals surface area contributed by atoms with Crippen LogP contribution in [0.2, 0.25) is 0 Å².